The van der Waals surface area contributed by atoms with Crippen LogP contribution in [0.15, 0.2) is 28.8 Å². The number of aromatic nitrogens is 2. The zero-order chi connectivity index (χ0) is 16.2. The Hall–Kier alpha value is -1.59. The summed E-state index contributed by atoms with van der Waals surface area (Å²) in [6, 6.07) is 8.58. The first kappa shape index (κ1) is 18.2. The van der Waals surface area contributed by atoms with Gasteiger partial charge in [0.05, 0.1) is 0 Å². The smallest absolute Gasteiger partial charge is 0.226 e. The summed E-state index contributed by atoms with van der Waals surface area (Å²) in [4.78, 5) is 7.03. The Morgan fingerprint density at radius 1 is 1.12 bits per heavy atom. The number of rotatable bonds is 5. The molecule has 3 heterocycles. The van der Waals surface area contributed by atoms with Crippen LogP contribution in [0.3, 0.4) is 0 Å². The van der Waals surface area contributed by atoms with Crippen LogP contribution in [0.4, 0.5) is 5.69 Å². The Labute approximate surface area is 155 Å². The molecule has 1 aromatic heterocycles. The molecule has 1 unspecified atom stereocenters. The van der Waals surface area contributed by atoms with Crippen molar-refractivity contribution in [2.75, 3.05) is 31.1 Å². The van der Waals surface area contributed by atoms with Crippen LogP contribution in [0.25, 0.3) is 11.4 Å². The van der Waals surface area contributed by atoms with E-state index in [1.165, 1.54) is 44.5 Å². The van der Waals surface area contributed by atoms with E-state index in [0.29, 0.717) is 5.82 Å². The molecule has 1 N–H and O–H groups in total. The fourth-order valence-corrected chi connectivity index (χ4v) is 3.74. The highest BCUT2D eigenvalue weighted by Gasteiger charge is 2.17. The molecule has 4 rings (SSSR count). The number of halogens is 1. The maximum absolute atomic E-state index is 5.43. The second kappa shape index (κ2) is 8.68. The zero-order valence-electron chi connectivity index (χ0n) is 14.6. The minimum atomic E-state index is 0. The van der Waals surface area contributed by atoms with Crippen LogP contribution in [-0.4, -0.2) is 36.3 Å². The van der Waals surface area contributed by atoms with Gasteiger partial charge in [-0.05, 0) is 75.4 Å². The van der Waals surface area contributed by atoms with E-state index < -0.39 is 0 Å². The largest absolute Gasteiger partial charge is 0.372 e. The summed E-state index contributed by atoms with van der Waals surface area (Å²) in [6.07, 6.45) is 7.22. The van der Waals surface area contributed by atoms with Crippen molar-refractivity contribution in [2.24, 2.45) is 5.92 Å². The SMILES string of the molecule is Cl.c1cc(N2CCCCC2)ccc1-c1noc(CCC2CCNC2)n1. The molecule has 0 aliphatic carbocycles. The van der Waals surface area contributed by atoms with Gasteiger partial charge in [0.25, 0.3) is 0 Å². The summed E-state index contributed by atoms with van der Waals surface area (Å²) in [5, 5.41) is 7.56. The second-order valence-corrected chi connectivity index (χ2v) is 7.00. The van der Waals surface area contributed by atoms with Crippen LogP contribution in [0.2, 0.25) is 0 Å². The molecular formula is C19H27ClN4O. The topological polar surface area (TPSA) is 54.2 Å². The average molecular weight is 363 g/mol. The molecule has 0 amide bonds. The maximum atomic E-state index is 5.43. The summed E-state index contributed by atoms with van der Waals surface area (Å²) in [6.45, 7) is 4.60. The maximum Gasteiger partial charge on any atom is 0.226 e. The molecule has 5 nitrogen and oxygen atoms in total. The quantitative estimate of drug-likeness (QED) is 0.879. The molecule has 0 radical (unpaired) electrons. The van der Waals surface area contributed by atoms with Crippen molar-refractivity contribution in [1.82, 2.24) is 15.5 Å². The normalized spacial score (nSPS) is 20.5. The van der Waals surface area contributed by atoms with Gasteiger partial charge in [0.2, 0.25) is 11.7 Å². The lowest BCUT2D eigenvalue weighted by atomic mass is 10.0. The van der Waals surface area contributed by atoms with Crippen LogP contribution in [0, 0.1) is 5.92 Å². The Balaban J connectivity index is 0.00000182. The van der Waals surface area contributed by atoms with Gasteiger partial charge in [-0.2, -0.15) is 4.98 Å². The van der Waals surface area contributed by atoms with Crippen molar-refractivity contribution in [2.45, 2.75) is 38.5 Å². The predicted molar refractivity (Wildman–Crippen MR) is 102 cm³/mol. The molecule has 2 fully saturated rings. The molecule has 2 saturated heterocycles. The summed E-state index contributed by atoms with van der Waals surface area (Å²) in [5.74, 6) is 2.22. The van der Waals surface area contributed by atoms with E-state index in [4.69, 9.17) is 4.52 Å². The number of nitrogens with zero attached hydrogens (tertiary/aromatic N) is 3. The van der Waals surface area contributed by atoms with Gasteiger partial charge in [-0.3, -0.25) is 0 Å². The number of anilines is 1. The number of nitrogens with one attached hydrogen (secondary N) is 1. The standard InChI is InChI=1S/C19H26N4O.ClH/c1-2-12-23(13-3-1)17-7-5-16(6-8-17)19-21-18(24-22-19)9-4-15-10-11-20-14-15;/h5-8,15,20H,1-4,9-14H2;1H. The molecule has 6 heteroatoms. The lowest BCUT2D eigenvalue weighted by Gasteiger charge is -2.28. The van der Waals surface area contributed by atoms with Crippen LogP contribution in [-0.2, 0) is 6.42 Å². The Kier molecular flexibility index (Phi) is 6.32. The lowest BCUT2D eigenvalue weighted by Crippen LogP contribution is -2.29. The highest BCUT2D eigenvalue weighted by atomic mass is 35.5. The summed E-state index contributed by atoms with van der Waals surface area (Å²) in [5.41, 5.74) is 2.34. The fraction of sp³-hybridized carbons (Fsp3) is 0.579. The molecule has 0 bridgehead atoms. The molecule has 25 heavy (non-hydrogen) atoms. The Morgan fingerprint density at radius 2 is 1.92 bits per heavy atom. The predicted octanol–water partition coefficient (Wildman–Crippen LogP) is 3.69. The van der Waals surface area contributed by atoms with Gasteiger partial charge in [0.15, 0.2) is 0 Å². The first-order chi connectivity index (χ1) is 11.9. The number of benzene rings is 1. The van der Waals surface area contributed by atoms with Gasteiger partial charge in [-0.25, -0.2) is 0 Å². The molecular weight excluding hydrogens is 336 g/mol. The van der Waals surface area contributed by atoms with Crippen molar-refractivity contribution in [1.29, 1.82) is 0 Å². The number of hydrogen-bond acceptors (Lipinski definition) is 5. The molecule has 0 saturated carbocycles. The summed E-state index contributed by atoms with van der Waals surface area (Å²) >= 11 is 0. The zero-order valence-corrected chi connectivity index (χ0v) is 15.4. The van der Waals surface area contributed by atoms with E-state index >= 15 is 0 Å². The van der Waals surface area contributed by atoms with Crippen LogP contribution < -0.4 is 10.2 Å². The second-order valence-electron chi connectivity index (χ2n) is 7.00. The van der Waals surface area contributed by atoms with Crippen molar-refractivity contribution < 1.29 is 4.52 Å². The van der Waals surface area contributed by atoms with Crippen molar-refractivity contribution in [3.05, 3.63) is 30.2 Å². The van der Waals surface area contributed by atoms with E-state index in [-0.39, 0.29) is 12.4 Å². The van der Waals surface area contributed by atoms with Gasteiger partial charge >= 0.3 is 0 Å². The third-order valence-corrected chi connectivity index (χ3v) is 5.24. The number of hydrogen-bond donors (Lipinski definition) is 1. The monoisotopic (exact) mass is 362 g/mol. The molecule has 0 spiro atoms. The van der Waals surface area contributed by atoms with Gasteiger partial charge in [0, 0.05) is 30.8 Å². The van der Waals surface area contributed by atoms with Crippen molar-refractivity contribution in [3.8, 4) is 11.4 Å². The van der Waals surface area contributed by atoms with Gasteiger partial charge in [-0.1, -0.05) is 5.16 Å². The molecule has 2 aliphatic rings. The summed E-state index contributed by atoms with van der Waals surface area (Å²) < 4.78 is 5.43. The minimum absolute atomic E-state index is 0. The first-order valence-electron chi connectivity index (χ1n) is 9.27. The van der Waals surface area contributed by atoms with Gasteiger partial charge < -0.3 is 14.7 Å². The first-order valence-corrected chi connectivity index (χ1v) is 9.27. The van der Waals surface area contributed by atoms with E-state index in [0.717, 1.165) is 43.3 Å². The van der Waals surface area contributed by atoms with Gasteiger partial charge in [0.1, 0.15) is 0 Å². The average Bonchev–Trinajstić information content (AvgIpc) is 3.33. The highest BCUT2D eigenvalue weighted by molar-refractivity contribution is 5.85. The third kappa shape index (κ3) is 4.53. The lowest BCUT2D eigenvalue weighted by molar-refractivity contribution is 0.365. The van der Waals surface area contributed by atoms with Crippen LogP contribution in [0.1, 0.15) is 38.0 Å². The number of aryl methyl sites for hydroxylation is 1. The van der Waals surface area contributed by atoms with E-state index in [9.17, 15) is 0 Å². The summed E-state index contributed by atoms with van der Waals surface area (Å²) in [7, 11) is 0. The van der Waals surface area contributed by atoms with Crippen LogP contribution >= 0.6 is 12.4 Å². The van der Waals surface area contributed by atoms with E-state index in [1.54, 1.807) is 0 Å². The molecule has 1 atom stereocenters. The van der Waals surface area contributed by atoms with Crippen molar-refractivity contribution >= 4 is 18.1 Å². The molecule has 136 valence electrons. The van der Waals surface area contributed by atoms with E-state index in [1.807, 2.05) is 0 Å². The molecule has 2 aliphatic heterocycles. The Morgan fingerprint density at radius 3 is 2.64 bits per heavy atom. The van der Waals surface area contributed by atoms with Gasteiger partial charge in [-0.15, -0.1) is 12.4 Å². The van der Waals surface area contributed by atoms with Crippen LogP contribution in [0.5, 0.6) is 0 Å². The third-order valence-electron chi connectivity index (χ3n) is 5.24. The van der Waals surface area contributed by atoms with E-state index in [2.05, 4.69) is 44.6 Å². The van der Waals surface area contributed by atoms with Crippen molar-refractivity contribution in [3.63, 3.8) is 0 Å². The fourth-order valence-electron chi connectivity index (χ4n) is 3.74. The molecule has 1 aromatic carbocycles. The highest BCUT2D eigenvalue weighted by Crippen LogP contribution is 2.24. The minimum Gasteiger partial charge on any atom is -0.372 e. The molecule has 2 aromatic rings. The Bertz CT molecular complexity index is 646. The number of piperidine rings is 1.